The summed E-state index contributed by atoms with van der Waals surface area (Å²) in [4.78, 5) is 25.1. The third-order valence-corrected chi connectivity index (χ3v) is 5.50. The first-order valence-corrected chi connectivity index (χ1v) is 10.1. The van der Waals surface area contributed by atoms with Crippen molar-refractivity contribution < 1.29 is 14.3 Å². The van der Waals surface area contributed by atoms with E-state index < -0.39 is 0 Å². The molecule has 0 aliphatic carbocycles. The molecule has 4 nitrogen and oxygen atoms in total. The van der Waals surface area contributed by atoms with E-state index in [1.54, 1.807) is 22.7 Å². The fraction of sp³-hybridized carbons (Fsp3) is 0.200. The number of aryl methyl sites for hydroxylation is 1. The Morgan fingerprint density at radius 1 is 1.04 bits per heavy atom. The van der Waals surface area contributed by atoms with Crippen molar-refractivity contribution in [2.24, 2.45) is 0 Å². The van der Waals surface area contributed by atoms with Crippen LogP contribution in [0.25, 0.3) is 0 Å². The number of nitrogens with one attached hydrogen (secondary N) is 1. The van der Waals surface area contributed by atoms with Gasteiger partial charge in [-0.05, 0) is 45.8 Å². The number of hydrogen-bond donors (Lipinski definition) is 1. The number of hydrogen-bond acceptors (Lipinski definition) is 5. The monoisotopic (exact) mass is 385 g/mol. The van der Waals surface area contributed by atoms with Crippen molar-refractivity contribution >= 4 is 34.6 Å². The molecular formula is C20H19NO3S2. The standard InChI is InChI=1S/C20H19NO3S2/c22-18(13-24-19(23)9-8-15-10-12-25-14-15)21-20(17-7-4-11-26-17)16-5-2-1-3-6-16/h1-7,10-12,14,20H,8-9,13H2,(H,21,22)/t20-/m0/s1. The Kier molecular flexibility index (Phi) is 6.57. The third kappa shape index (κ3) is 5.28. The molecule has 0 radical (unpaired) electrons. The third-order valence-electron chi connectivity index (χ3n) is 3.83. The smallest absolute Gasteiger partial charge is 0.306 e. The first kappa shape index (κ1) is 18.4. The van der Waals surface area contributed by atoms with Gasteiger partial charge in [0.2, 0.25) is 0 Å². The number of rotatable bonds is 8. The summed E-state index contributed by atoms with van der Waals surface area (Å²) in [6, 6.07) is 15.4. The minimum atomic E-state index is -0.362. The number of esters is 1. The van der Waals surface area contributed by atoms with Crippen LogP contribution in [0.15, 0.2) is 64.7 Å². The Bertz CT molecular complexity index is 814. The van der Waals surface area contributed by atoms with Crippen molar-refractivity contribution in [1.82, 2.24) is 5.32 Å². The van der Waals surface area contributed by atoms with Crippen LogP contribution in [0, 0.1) is 0 Å². The summed E-state index contributed by atoms with van der Waals surface area (Å²) in [5.74, 6) is -0.671. The highest BCUT2D eigenvalue weighted by Gasteiger charge is 2.18. The number of amides is 1. The van der Waals surface area contributed by atoms with E-state index in [4.69, 9.17) is 4.74 Å². The molecule has 3 rings (SSSR count). The molecule has 1 aromatic carbocycles. The van der Waals surface area contributed by atoms with E-state index in [1.165, 1.54) is 0 Å². The van der Waals surface area contributed by atoms with Crippen LogP contribution in [0.4, 0.5) is 0 Å². The van der Waals surface area contributed by atoms with Crippen LogP contribution in [-0.2, 0) is 20.7 Å². The average molecular weight is 386 g/mol. The van der Waals surface area contributed by atoms with Crippen LogP contribution < -0.4 is 5.32 Å². The second-order valence-electron chi connectivity index (χ2n) is 5.72. The van der Waals surface area contributed by atoms with Gasteiger partial charge in [-0.3, -0.25) is 9.59 Å². The Balaban J connectivity index is 1.52. The number of carbonyl (C=O) groups is 2. The molecule has 1 atom stereocenters. The van der Waals surface area contributed by atoms with E-state index in [0.717, 1.165) is 16.0 Å². The predicted octanol–water partition coefficient (Wildman–Crippen LogP) is 4.19. The van der Waals surface area contributed by atoms with E-state index in [-0.39, 0.29) is 30.9 Å². The Labute approximate surface area is 160 Å². The second kappa shape index (κ2) is 9.31. The molecule has 0 aliphatic heterocycles. The van der Waals surface area contributed by atoms with Gasteiger partial charge in [-0.1, -0.05) is 36.4 Å². The van der Waals surface area contributed by atoms with Gasteiger partial charge in [0.05, 0.1) is 6.04 Å². The van der Waals surface area contributed by atoms with Gasteiger partial charge in [0, 0.05) is 11.3 Å². The SMILES string of the molecule is O=C(COC(=O)CCc1ccsc1)N[C@@H](c1ccccc1)c1cccs1. The van der Waals surface area contributed by atoms with Crippen LogP contribution in [0.3, 0.4) is 0 Å². The molecule has 0 bridgehead atoms. The highest BCUT2D eigenvalue weighted by Crippen LogP contribution is 2.25. The second-order valence-corrected chi connectivity index (χ2v) is 7.48. The van der Waals surface area contributed by atoms with Crippen LogP contribution >= 0.6 is 22.7 Å². The van der Waals surface area contributed by atoms with Gasteiger partial charge in [0.25, 0.3) is 5.91 Å². The normalized spacial score (nSPS) is 11.7. The highest BCUT2D eigenvalue weighted by atomic mass is 32.1. The van der Waals surface area contributed by atoms with Crippen LogP contribution in [0.2, 0.25) is 0 Å². The molecule has 2 heterocycles. The van der Waals surface area contributed by atoms with Gasteiger partial charge >= 0.3 is 5.97 Å². The molecule has 2 aromatic heterocycles. The van der Waals surface area contributed by atoms with E-state index in [1.807, 2.05) is 64.7 Å². The van der Waals surface area contributed by atoms with Crippen LogP contribution in [-0.4, -0.2) is 18.5 Å². The van der Waals surface area contributed by atoms with Gasteiger partial charge < -0.3 is 10.1 Å². The minimum Gasteiger partial charge on any atom is -0.456 e. The Hall–Kier alpha value is -2.44. The van der Waals surface area contributed by atoms with Crippen molar-refractivity contribution in [2.75, 3.05) is 6.61 Å². The zero-order valence-corrected chi connectivity index (χ0v) is 15.7. The molecule has 0 spiro atoms. The molecule has 0 saturated carbocycles. The summed E-state index contributed by atoms with van der Waals surface area (Å²) in [5.41, 5.74) is 2.10. The quantitative estimate of drug-likeness (QED) is 0.592. The van der Waals surface area contributed by atoms with Gasteiger partial charge in [-0.2, -0.15) is 11.3 Å². The number of thiophene rings is 2. The molecule has 0 fully saturated rings. The van der Waals surface area contributed by atoms with Gasteiger partial charge in [0.15, 0.2) is 6.61 Å². The largest absolute Gasteiger partial charge is 0.456 e. The number of ether oxygens (including phenoxy) is 1. The molecule has 0 unspecified atom stereocenters. The zero-order chi connectivity index (χ0) is 18.2. The summed E-state index contributed by atoms with van der Waals surface area (Å²) < 4.78 is 5.11. The lowest BCUT2D eigenvalue weighted by atomic mass is 10.1. The number of carbonyl (C=O) groups excluding carboxylic acids is 2. The van der Waals surface area contributed by atoms with Gasteiger partial charge in [0.1, 0.15) is 0 Å². The first-order chi connectivity index (χ1) is 12.7. The molecule has 1 amide bonds. The lowest BCUT2D eigenvalue weighted by Gasteiger charge is -2.18. The predicted molar refractivity (Wildman–Crippen MR) is 104 cm³/mol. The van der Waals surface area contributed by atoms with Crippen molar-refractivity contribution in [3.63, 3.8) is 0 Å². The van der Waals surface area contributed by atoms with E-state index in [0.29, 0.717) is 6.42 Å². The van der Waals surface area contributed by atoms with Crippen LogP contribution in [0.1, 0.15) is 28.5 Å². The van der Waals surface area contributed by atoms with E-state index in [2.05, 4.69) is 5.32 Å². The molecule has 6 heteroatoms. The molecule has 0 aliphatic rings. The molecule has 1 N–H and O–H groups in total. The summed E-state index contributed by atoms with van der Waals surface area (Å²) in [6.45, 7) is -0.267. The van der Waals surface area contributed by atoms with Crippen molar-refractivity contribution in [1.29, 1.82) is 0 Å². The average Bonchev–Trinajstić information content (AvgIpc) is 3.37. The molecule has 3 aromatic rings. The van der Waals surface area contributed by atoms with Crippen LogP contribution in [0.5, 0.6) is 0 Å². The Morgan fingerprint density at radius 3 is 2.58 bits per heavy atom. The van der Waals surface area contributed by atoms with E-state index >= 15 is 0 Å². The summed E-state index contributed by atoms with van der Waals surface area (Å²) in [6.07, 6.45) is 0.906. The first-order valence-electron chi connectivity index (χ1n) is 8.27. The molecule has 134 valence electrons. The fourth-order valence-electron chi connectivity index (χ4n) is 2.52. The minimum absolute atomic E-state index is 0.242. The fourth-order valence-corrected chi connectivity index (χ4v) is 4.03. The zero-order valence-electron chi connectivity index (χ0n) is 14.1. The number of benzene rings is 1. The van der Waals surface area contributed by atoms with Gasteiger partial charge in [-0.15, -0.1) is 11.3 Å². The van der Waals surface area contributed by atoms with E-state index in [9.17, 15) is 9.59 Å². The summed E-state index contributed by atoms with van der Waals surface area (Å²) >= 11 is 3.17. The van der Waals surface area contributed by atoms with Crippen molar-refractivity contribution in [2.45, 2.75) is 18.9 Å². The highest BCUT2D eigenvalue weighted by molar-refractivity contribution is 7.10. The molecular weight excluding hydrogens is 366 g/mol. The van der Waals surface area contributed by atoms with Gasteiger partial charge in [-0.25, -0.2) is 0 Å². The molecule has 26 heavy (non-hydrogen) atoms. The maximum Gasteiger partial charge on any atom is 0.306 e. The van der Waals surface area contributed by atoms with Crippen molar-refractivity contribution in [3.8, 4) is 0 Å². The molecule has 0 saturated heterocycles. The topological polar surface area (TPSA) is 55.4 Å². The lowest BCUT2D eigenvalue weighted by molar-refractivity contribution is -0.148. The maximum absolute atomic E-state index is 12.3. The Morgan fingerprint density at radius 2 is 1.88 bits per heavy atom. The summed E-state index contributed by atoms with van der Waals surface area (Å²) in [5, 5.41) is 8.91. The van der Waals surface area contributed by atoms with Crippen molar-refractivity contribution in [3.05, 3.63) is 80.7 Å². The maximum atomic E-state index is 12.3. The summed E-state index contributed by atoms with van der Waals surface area (Å²) in [7, 11) is 0. The lowest BCUT2D eigenvalue weighted by Crippen LogP contribution is -2.32.